The largest absolute Gasteiger partial charge is 0.463 e. The summed E-state index contributed by atoms with van der Waals surface area (Å²) in [6.45, 7) is 12.6. The van der Waals surface area contributed by atoms with Crippen molar-refractivity contribution in [1.29, 1.82) is 0 Å². The maximum atomic E-state index is 13.8. The molecule has 8 rings (SSSR count). The molecule has 6 heterocycles. The highest BCUT2D eigenvalue weighted by atomic mass is 16.6. The number of hydrogen-bond acceptors (Lipinski definition) is 11. The van der Waals surface area contributed by atoms with Gasteiger partial charge in [0.1, 0.15) is 12.6 Å². The maximum absolute atomic E-state index is 13.8. The molecule has 4 saturated heterocycles. The minimum absolute atomic E-state index is 0. The Kier molecular flexibility index (Phi) is 16.1. The zero-order chi connectivity index (χ0) is 43.0. The first-order valence-electron chi connectivity index (χ1n) is 22.1. The molecule has 16 nitrogen and oxygen atoms in total. The van der Waals surface area contributed by atoms with Gasteiger partial charge in [-0.1, -0.05) is 38.6 Å². The third-order valence-electron chi connectivity index (χ3n) is 13.0. The van der Waals surface area contributed by atoms with Crippen LogP contribution in [-0.4, -0.2) is 157 Å². The summed E-state index contributed by atoms with van der Waals surface area (Å²) < 4.78 is 23.5. The molecule has 0 unspecified atom stereocenters. The number of rotatable bonds is 9. The number of anilines is 1. The smallest absolute Gasteiger partial charge is 0.419 e. The number of aromatic nitrogens is 1. The number of carbonyl (C=O) groups is 4. The highest BCUT2D eigenvalue weighted by molar-refractivity contribution is 5.91. The summed E-state index contributed by atoms with van der Waals surface area (Å²) >= 11 is 0. The number of likely N-dealkylation sites (N-methyl/N-ethyl adjacent to an activating group) is 1. The van der Waals surface area contributed by atoms with Gasteiger partial charge in [0.15, 0.2) is 11.7 Å². The van der Waals surface area contributed by atoms with E-state index in [-0.39, 0.29) is 43.8 Å². The molecule has 0 aliphatic carbocycles. The lowest BCUT2D eigenvalue weighted by Gasteiger charge is -2.38. The van der Waals surface area contributed by atoms with Gasteiger partial charge < -0.3 is 38.6 Å². The molecule has 5 aliphatic rings. The van der Waals surface area contributed by atoms with Crippen LogP contribution < -0.4 is 11.1 Å². The third-order valence-corrected chi connectivity index (χ3v) is 13.0. The van der Waals surface area contributed by atoms with Crippen LogP contribution in [0.5, 0.6) is 0 Å². The van der Waals surface area contributed by atoms with E-state index in [1.54, 1.807) is 22.9 Å². The van der Waals surface area contributed by atoms with Crippen molar-refractivity contribution in [1.82, 2.24) is 29.1 Å². The van der Waals surface area contributed by atoms with Crippen LogP contribution in [0.2, 0.25) is 0 Å². The Morgan fingerprint density at radius 1 is 0.887 bits per heavy atom. The first-order chi connectivity index (χ1) is 29.4. The Morgan fingerprint density at radius 3 is 2.31 bits per heavy atom. The summed E-state index contributed by atoms with van der Waals surface area (Å²) in [5.74, 6) is -0.161. The molecule has 0 saturated carbocycles. The molecule has 1 N–H and O–H groups in total. The number of esters is 1. The average molecular weight is 862 g/mol. The van der Waals surface area contributed by atoms with Gasteiger partial charge in [0.25, 0.3) is 5.91 Å². The first-order valence-corrected chi connectivity index (χ1v) is 22.1. The molecule has 340 valence electrons. The second-order valence-electron chi connectivity index (χ2n) is 17.3. The number of piperidine rings is 2. The number of hydrogen-bond donors (Lipinski definition) is 1. The van der Waals surface area contributed by atoms with Crippen molar-refractivity contribution in [3.05, 3.63) is 63.6 Å². The van der Waals surface area contributed by atoms with Crippen molar-refractivity contribution in [3.63, 3.8) is 0 Å². The summed E-state index contributed by atoms with van der Waals surface area (Å²) in [6, 6.07) is 11.4. The van der Waals surface area contributed by atoms with E-state index < -0.39 is 18.0 Å². The monoisotopic (exact) mass is 862 g/mol. The summed E-state index contributed by atoms with van der Waals surface area (Å²) in [5, 5.41) is 3.03. The molecule has 0 spiro atoms. The second kappa shape index (κ2) is 21.4. The van der Waals surface area contributed by atoms with Crippen LogP contribution in [0.1, 0.15) is 69.6 Å². The van der Waals surface area contributed by atoms with E-state index in [1.165, 1.54) is 4.57 Å². The van der Waals surface area contributed by atoms with E-state index in [0.717, 1.165) is 93.9 Å². The fraction of sp³-hybridized carbons (Fsp3) is 0.630. The number of amides is 4. The lowest BCUT2D eigenvalue weighted by molar-refractivity contribution is -0.149. The van der Waals surface area contributed by atoms with Crippen LogP contribution >= 0.6 is 0 Å². The van der Waals surface area contributed by atoms with Gasteiger partial charge in [-0.15, -0.1) is 0 Å². The second-order valence-corrected chi connectivity index (χ2v) is 17.3. The van der Waals surface area contributed by atoms with Crippen molar-refractivity contribution in [2.24, 2.45) is 13.0 Å². The number of carbonyl (C=O) groups excluding carboxylic acids is 4. The normalized spacial score (nSPS) is 20.9. The predicted molar refractivity (Wildman–Crippen MR) is 236 cm³/mol. The number of urea groups is 1. The molecule has 16 heteroatoms. The molecule has 0 bridgehead atoms. The van der Waals surface area contributed by atoms with Gasteiger partial charge in [0, 0.05) is 77.6 Å². The number of ether oxygens (including phenoxy) is 3. The van der Waals surface area contributed by atoms with Gasteiger partial charge in [0.05, 0.1) is 18.7 Å². The fourth-order valence-corrected chi connectivity index (χ4v) is 9.22. The van der Waals surface area contributed by atoms with Gasteiger partial charge >= 0.3 is 23.8 Å². The molecule has 5 aliphatic heterocycles. The minimum Gasteiger partial charge on any atom is -0.463 e. The number of benzene rings is 2. The number of likely N-dealkylation sites (tertiary alicyclic amines) is 3. The highest BCUT2D eigenvalue weighted by Gasteiger charge is 2.36. The van der Waals surface area contributed by atoms with Crippen LogP contribution in [-0.2, 0) is 43.7 Å². The highest BCUT2D eigenvalue weighted by Crippen LogP contribution is 2.27. The maximum Gasteiger partial charge on any atom is 0.419 e. The van der Waals surface area contributed by atoms with Crippen molar-refractivity contribution in [2.45, 2.75) is 90.8 Å². The third kappa shape index (κ3) is 11.4. The van der Waals surface area contributed by atoms with Crippen molar-refractivity contribution >= 4 is 40.8 Å². The molecule has 2 aromatic carbocycles. The summed E-state index contributed by atoms with van der Waals surface area (Å²) in [6.07, 6.45) is 4.54. The molecule has 0 radical (unpaired) electrons. The quantitative estimate of drug-likeness (QED) is 0.292. The predicted octanol–water partition coefficient (Wildman–Crippen LogP) is 4.89. The van der Waals surface area contributed by atoms with Gasteiger partial charge in [-0.25, -0.2) is 14.4 Å². The molecule has 4 fully saturated rings. The van der Waals surface area contributed by atoms with E-state index in [4.69, 9.17) is 18.6 Å². The Morgan fingerprint density at radius 2 is 1.60 bits per heavy atom. The summed E-state index contributed by atoms with van der Waals surface area (Å²) in [5.41, 5.74) is 4.72. The number of morpholine rings is 1. The Labute approximate surface area is 365 Å². The Balaban J connectivity index is 0.000000299. The minimum atomic E-state index is -1.00. The Hall–Kier alpha value is -4.93. The van der Waals surface area contributed by atoms with Crippen LogP contribution in [0.4, 0.5) is 15.3 Å². The molecular formula is C46H67N7O9. The van der Waals surface area contributed by atoms with Crippen LogP contribution in [0.15, 0.2) is 45.6 Å². The van der Waals surface area contributed by atoms with Gasteiger partial charge in [0.2, 0.25) is 0 Å². The number of nitrogens with zero attached hydrogens (tertiary/aromatic N) is 6. The number of nitrogens with one attached hydrogen (secondary N) is 1. The first kappa shape index (κ1) is 46.6. The van der Waals surface area contributed by atoms with Crippen molar-refractivity contribution in [3.8, 4) is 0 Å². The van der Waals surface area contributed by atoms with Crippen molar-refractivity contribution < 1.29 is 37.8 Å². The van der Waals surface area contributed by atoms with E-state index in [1.807, 2.05) is 49.2 Å². The number of oxazole rings is 1. The summed E-state index contributed by atoms with van der Waals surface area (Å²) in [4.78, 5) is 73.9. The standard InChI is InChI=1S/C33H41N5O6.C12H22N2O3.CH4/c1-21-8-13-36(14-9-21)30(39)28(20-23-18-22(2)29-27(19-23)43-32(41)35(29)3)44-33(42)37-15-11-25(12-16-37)38-17-10-24-6-4-5-7-26(24)34-31(38)40;1-13-4-2-3-11(13)12(15)17-10-7-14-5-8-16-9-6-14;/h4-7,18-19,21,25,28H,8-17,20H2,1-3H3,(H,34,40);11H,2-10H2,1H3;1H4/t28-;11-;/m11./s1. The number of aryl methyl sites for hydroxylation is 2. The van der Waals surface area contributed by atoms with E-state index in [0.29, 0.717) is 69.2 Å². The van der Waals surface area contributed by atoms with Crippen molar-refractivity contribution in [2.75, 3.05) is 91.1 Å². The molecule has 4 amide bonds. The van der Waals surface area contributed by atoms with Gasteiger partial charge in [-0.3, -0.25) is 24.0 Å². The zero-order valence-electron chi connectivity index (χ0n) is 36.3. The lowest BCUT2D eigenvalue weighted by atomic mass is 9.98. The summed E-state index contributed by atoms with van der Waals surface area (Å²) in [7, 11) is 3.65. The number of para-hydroxylation sites is 1. The van der Waals surface area contributed by atoms with E-state index in [2.05, 4.69) is 22.0 Å². The zero-order valence-corrected chi connectivity index (χ0v) is 36.3. The SMILES string of the molecule is C.CN1CCC[C@@H]1C(=O)OCCN1CCOCC1.Cc1cc(C[C@@H](OC(=O)N2CCC(N3CCc4ccccc4NC3=O)CC2)C(=O)N2CCC(C)CC2)cc2oc(=O)n(C)c12. The lowest BCUT2D eigenvalue weighted by Crippen LogP contribution is -2.51. The van der Waals surface area contributed by atoms with E-state index in [9.17, 15) is 24.0 Å². The molecule has 62 heavy (non-hydrogen) atoms. The molecule has 1 aromatic heterocycles. The van der Waals surface area contributed by atoms with Crippen LogP contribution in [0.3, 0.4) is 0 Å². The topological polar surface area (TPSA) is 159 Å². The van der Waals surface area contributed by atoms with Gasteiger partial charge in [-0.05, 0) is 100 Å². The van der Waals surface area contributed by atoms with Crippen LogP contribution in [0.25, 0.3) is 11.1 Å². The van der Waals surface area contributed by atoms with Gasteiger partial charge in [-0.2, -0.15) is 0 Å². The molecule has 3 aromatic rings. The average Bonchev–Trinajstić information content (AvgIpc) is 3.77. The number of fused-ring (bicyclic) bond motifs is 2. The molecule has 2 atom stereocenters. The fourth-order valence-electron chi connectivity index (χ4n) is 9.22. The Bertz CT molecular complexity index is 2060. The van der Waals surface area contributed by atoms with E-state index >= 15 is 0 Å². The molecular weight excluding hydrogens is 795 g/mol. The van der Waals surface area contributed by atoms with Crippen LogP contribution in [0, 0.1) is 12.8 Å².